The van der Waals surface area contributed by atoms with Gasteiger partial charge in [0.1, 0.15) is 5.82 Å². The van der Waals surface area contributed by atoms with Crippen molar-refractivity contribution in [2.24, 2.45) is 5.41 Å². The Balaban J connectivity index is 2.88. The monoisotopic (exact) mass is 315 g/mol. The summed E-state index contributed by atoms with van der Waals surface area (Å²) in [6, 6.07) is 4.99. The van der Waals surface area contributed by atoms with E-state index in [1.54, 1.807) is 12.1 Å². The van der Waals surface area contributed by atoms with Gasteiger partial charge in [-0.25, -0.2) is 4.39 Å². The summed E-state index contributed by atoms with van der Waals surface area (Å²) in [7, 11) is 0. The topological polar surface area (TPSA) is 12.0 Å². The minimum atomic E-state index is -0.184. The van der Waals surface area contributed by atoms with Gasteiger partial charge < -0.3 is 5.32 Å². The Bertz CT molecular complexity index is 375. The molecule has 18 heavy (non-hydrogen) atoms. The van der Waals surface area contributed by atoms with Crippen LogP contribution >= 0.6 is 15.9 Å². The molecule has 1 rings (SSSR count). The minimum absolute atomic E-state index is 0.184. The summed E-state index contributed by atoms with van der Waals surface area (Å²) in [4.78, 5) is 0. The van der Waals surface area contributed by atoms with Crippen molar-refractivity contribution >= 4 is 15.9 Å². The van der Waals surface area contributed by atoms with E-state index in [1.165, 1.54) is 5.56 Å². The lowest BCUT2D eigenvalue weighted by atomic mass is 9.77. The second kappa shape index (κ2) is 7.25. The molecule has 0 bridgehead atoms. The van der Waals surface area contributed by atoms with E-state index in [1.807, 2.05) is 6.07 Å². The molecule has 0 aromatic heterocycles. The highest BCUT2D eigenvalue weighted by Crippen LogP contribution is 2.33. The first-order valence-electron chi connectivity index (χ1n) is 6.71. The Morgan fingerprint density at radius 1 is 1.22 bits per heavy atom. The third-order valence-corrected chi connectivity index (χ3v) is 4.57. The molecule has 0 amide bonds. The van der Waals surface area contributed by atoms with Crippen LogP contribution in [0.5, 0.6) is 0 Å². The minimum Gasteiger partial charge on any atom is -0.316 e. The van der Waals surface area contributed by atoms with E-state index in [-0.39, 0.29) is 11.2 Å². The zero-order valence-electron chi connectivity index (χ0n) is 11.5. The zero-order valence-corrected chi connectivity index (χ0v) is 13.1. The number of benzene rings is 1. The van der Waals surface area contributed by atoms with Crippen molar-refractivity contribution in [3.8, 4) is 0 Å². The quantitative estimate of drug-likeness (QED) is 0.778. The van der Waals surface area contributed by atoms with Crippen LogP contribution in [0.4, 0.5) is 4.39 Å². The number of hydrogen-bond acceptors (Lipinski definition) is 1. The van der Waals surface area contributed by atoms with Crippen LogP contribution in [0.25, 0.3) is 0 Å². The van der Waals surface area contributed by atoms with Gasteiger partial charge in [0.2, 0.25) is 0 Å². The van der Waals surface area contributed by atoms with Crippen molar-refractivity contribution in [1.82, 2.24) is 5.32 Å². The Morgan fingerprint density at radius 3 is 2.39 bits per heavy atom. The van der Waals surface area contributed by atoms with Crippen LogP contribution < -0.4 is 5.32 Å². The maximum atomic E-state index is 13.1. The van der Waals surface area contributed by atoms with Gasteiger partial charge in [0, 0.05) is 11.0 Å². The molecule has 1 aromatic carbocycles. The van der Waals surface area contributed by atoms with Crippen LogP contribution in [-0.2, 0) is 6.42 Å². The van der Waals surface area contributed by atoms with E-state index in [0.29, 0.717) is 0 Å². The van der Waals surface area contributed by atoms with Crippen molar-refractivity contribution in [2.45, 2.75) is 40.0 Å². The molecule has 0 unspecified atom stereocenters. The SMILES string of the molecule is CCNCC(CC)(CC)Cc1ccc(F)cc1Br. The van der Waals surface area contributed by atoms with Crippen molar-refractivity contribution < 1.29 is 4.39 Å². The third kappa shape index (κ3) is 4.06. The highest BCUT2D eigenvalue weighted by molar-refractivity contribution is 9.10. The van der Waals surface area contributed by atoms with Gasteiger partial charge in [-0.3, -0.25) is 0 Å². The second-order valence-corrected chi connectivity index (χ2v) is 5.75. The molecular weight excluding hydrogens is 293 g/mol. The Labute approximate surface area is 118 Å². The first-order chi connectivity index (χ1) is 8.56. The summed E-state index contributed by atoms with van der Waals surface area (Å²) in [5.74, 6) is -0.184. The molecule has 0 fully saturated rings. The molecule has 0 aliphatic carbocycles. The summed E-state index contributed by atoms with van der Waals surface area (Å²) >= 11 is 3.47. The summed E-state index contributed by atoms with van der Waals surface area (Å²) in [6.45, 7) is 8.60. The molecule has 0 aliphatic heterocycles. The lowest BCUT2D eigenvalue weighted by Crippen LogP contribution is -2.35. The Kier molecular flexibility index (Phi) is 6.30. The molecule has 3 heteroatoms. The molecule has 1 N–H and O–H groups in total. The maximum Gasteiger partial charge on any atom is 0.124 e. The number of nitrogens with one attached hydrogen (secondary N) is 1. The molecule has 102 valence electrons. The molecule has 0 aliphatic rings. The molecule has 0 atom stereocenters. The summed E-state index contributed by atoms with van der Waals surface area (Å²) < 4.78 is 14.0. The van der Waals surface area contributed by atoms with E-state index in [2.05, 4.69) is 42.0 Å². The van der Waals surface area contributed by atoms with Crippen LogP contribution in [0.1, 0.15) is 39.2 Å². The van der Waals surface area contributed by atoms with Crippen LogP contribution in [0.3, 0.4) is 0 Å². The fourth-order valence-corrected chi connectivity index (χ4v) is 2.76. The third-order valence-electron chi connectivity index (χ3n) is 3.83. The van der Waals surface area contributed by atoms with Gasteiger partial charge in [-0.1, -0.05) is 42.8 Å². The Morgan fingerprint density at radius 2 is 1.89 bits per heavy atom. The van der Waals surface area contributed by atoms with Crippen molar-refractivity contribution in [1.29, 1.82) is 0 Å². The van der Waals surface area contributed by atoms with Gasteiger partial charge in [0.25, 0.3) is 0 Å². The number of hydrogen-bond donors (Lipinski definition) is 1. The largest absolute Gasteiger partial charge is 0.316 e. The van der Waals surface area contributed by atoms with Gasteiger partial charge in [0.05, 0.1) is 0 Å². The molecule has 0 radical (unpaired) electrons. The molecule has 1 nitrogen and oxygen atoms in total. The second-order valence-electron chi connectivity index (χ2n) is 4.90. The zero-order chi connectivity index (χ0) is 13.6. The lowest BCUT2D eigenvalue weighted by Gasteiger charge is -2.32. The first kappa shape index (κ1) is 15.6. The van der Waals surface area contributed by atoms with Crippen molar-refractivity contribution in [3.63, 3.8) is 0 Å². The molecule has 0 spiro atoms. The van der Waals surface area contributed by atoms with Crippen LogP contribution in [0.2, 0.25) is 0 Å². The molecule has 1 aromatic rings. The predicted molar refractivity (Wildman–Crippen MR) is 79.4 cm³/mol. The fraction of sp³-hybridized carbons (Fsp3) is 0.600. The van der Waals surface area contributed by atoms with Crippen LogP contribution in [0.15, 0.2) is 22.7 Å². The summed E-state index contributed by atoms with van der Waals surface area (Å²) in [6.07, 6.45) is 3.23. The number of halogens is 2. The average molecular weight is 316 g/mol. The van der Waals surface area contributed by atoms with Gasteiger partial charge in [-0.2, -0.15) is 0 Å². The highest BCUT2D eigenvalue weighted by atomic mass is 79.9. The smallest absolute Gasteiger partial charge is 0.124 e. The van der Waals surface area contributed by atoms with Crippen molar-refractivity contribution in [2.75, 3.05) is 13.1 Å². The predicted octanol–water partition coefficient (Wildman–Crippen LogP) is 4.55. The van der Waals surface area contributed by atoms with Gasteiger partial charge in [0.15, 0.2) is 0 Å². The lowest BCUT2D eigenvalue weighted by molar-refractivity contribution is 0.248. The molecule has 0 saturated heterocycles. The summed E-state index contributed by atoms with van der Waals surface area (Å²) in [5.41, 5.74) is 1.45. The van der Waals surface area contributed by atoms with Crippen LogP contribution in [-0.4, -0.2) is 13.1 Å². The average Bonchev–Trinajstić information content (AvgIpc) is 2.37. The van der Waals surface area contributed by atoms with E-state index < -0.39 is 0 Å². The van der Waals surface area contributed by atoms with E-state index in [4.69, 9.17) is 0 Å². The van der Waals surface area contributed by atoms with E-state index in [0.717, 1.165) is 36.8 Å². The standard InChI is InChI=1S/C15H23BrFN/c1-4-15(5-2,11-18-6-3)10-12-7-8-13(17)9-14(12)16/h7-9,18H,4-6,10-11H2,1-3H3. The van der Waals surface area contributed by atoms with Crippen molar-refractivity contribution in [3.05, 3.63) is 34.1 Å². The van der Waals surface area contributed by atoms with Gasteiger partial charge in [-0.15, -0.1) is 0 Å². The molecule has 0 saturated carbocycles. The molecule has 0 heterocycles. The summed E-state index contributed by atoms with van der Waals surface area (Å²) in [5, 5.41) is 3.45. The number of rotatable bonds is 7. The van der Waals surface area contributed by atoms with E-state index in [9.17, 15) is 4.39 Å². The fourth-order valence-electron chi connectivity index (χ4n) is 2.27. The van der Waals surface area contributed by atoms with Gasteiger partial charge >= 0.3 is 0 Å². The van der Waals surface area contributed by atoms with E-state index >= 15 is 0 Å². The maximum absolute atomic E-state index is 13.1. The van der Waals surface area contributed by atoms with Gasteiger partial charge in [-0.05, 0) is 48.9 Å². The first-order valence-corrected chi connectivity index (χ1v) is 7.51. The molecular formula is C15H23BrFN. The van der Waals surface area contributed by atoms with Crippen LogP contribution in [0, 0.1) is 11.2 Å². The Hall–Kier alpha value is -0.410. The highest BCUT2D eigenvalue weighted by Gasteiger charge is 2.26. The normalized spacial score (nSPS) is 11.8.